The maximum atomic E-state index is 12.4. The zero-order valence-corrected chi connectivity index (χ0v) is 17.0. The lowest BCUT2D eigenvalue weighted by atomic mass is 10.1. The van der Waals surface area contributed by atoms with Crippen molar-refractivity contribution >= 4 is 28.4 Å². The molecular weight excluding hydrogens is 427 g/mol. The smallest absolute Gasteiger partial charge is 0.405 e. The summed E-state index contributed by atoms with van der Waals surface area (Å²) in [6, 6.07) is 10.1. The summed E-state index contributed by atoms with van der Waals surface area (Å²) in [4.78, 5) is 16.6. The van der Waals surface area contributed by atoms with E-state index >= 15 is 0 Å². The summed E-state index contributed by atoms with van der Waals surface area (Å²) in [5, 5.41) is 17.2. The SMILES string of the molecule is COc1cc(-c2nc(Nc3ccc4[nH]ncc4c3)n(C)n2)ccc1C(=O)NCC(F)(F)F. The molecule has 0 saturated carbocycles. The number of hydrogen-bond donors (Lipinski definition) is 3. The number of aromatic nitrogens is 5. The molecule has 166 valence electrons. The fraction of sp³-hybridized carbons (Fsp3) is 0.200. The van der Waals surface area contributed by atoms with E-state index in [1.165, 1.54) is 19.2 Å². The van der Waals surface area contributed by atoms with Gasteiger partial charge in [-0.3, -0.25) is 9.89 Å². The van der Waals surface area contributed by atoms with Crippen LogP contribution in [0.4, 0.5) is 24.8 Å². The average molecular weight is 445 g/mol. The molecule has 0 spiro atoms. The number of aromatic amines is 1. The molecule has 0 aliphatic rings. The predicted octanol–water partition coefficient (Wildman–Crippen LogP) is 3.40. The minimum Gasteiger partial charge on any atom is -0.496 e. The molecule has 4 aromatic rings. The second kappa shape index (κ2) is 8.21. The quantitative estimate of drug-likeness (QED) is 0.420. The fourth-order valence-electron chi connectivity index (χ4n) is 3.06. The van der Waals surface area contributed by atoms with Crippen LogP contribution < -0.4 is 15.4 Å². The first-order chi connectivity index (χ1) is 15.2. The zero-order valence-electron chi connectivity index (χ0n) is 17.0. The van der Waals surface area contributed by atoms with Gasteiger partial charge in [-0.2, -0.15) is 23.3 Å². The highest BCUT2D eigenvalue weighted by molar-refractivity contribution is 5.97. The number of benzene rings is 2. The lowest BCUT2D eigenvalue weighted by molar-refractivity contribution is -0.123. The summed E-state index contributed by atoms with van der Waals surface area (Å²) in [5.41, 5.74) is 2.20. The first kappa shape index (κ1) is 21.2. The standard InChI is InChI=1S/C20H18F3N7O2/c1-30-19(26-13-4-6-15-12(7-13)9-25-28-15)27-17(29-30)11-3-5-14(16(8-11)32-2)18(31)24-10-20(21,22)23/h3-9H,10H2,1-2H3,(H,24,31)(H,25,28)(H,26,27,29). The Bertz CT molecular complexity index is 1280. The van der Waals surface area contributed by atoms with Crippen LogP contribution in [0.2, 0.25) is 0 Å². The number of anilines is 2. The van der Waals surface area contributed by atoms with Crippen molar-refractivity contribution in [1.82, 2.24) is 30.3 Å². The van der Waals surface area contributed by atoms with E-state index in [4.69, 9.17) is 4.74 Å². The van der Waals surface area contributed by atoms with Crippen molar-refractivity contribution in [1.29, 1.82) is 0 Å². The summed E-state index contributed by atoms with van der Waals surface area (Å²) in [6.07, 6.45) is -2.80. The van der Waals surface area contributed by atoms with Crippen molar-refractivity contribution in [2.45, 2.75) is 6.18 Å². The molecule has 0 saturated heterocycles. The van der Waals surface area contributed by atoms with Crippen molar-refractivity contribution in [3.63, 3.8) is 0 Å². The number of carbonyl (C=O) groups excluding carboxylic acids is 1. The number of methoxy groups -OCH3 is 1. The Balaban J connectivity index is 1.56. The summed E-state index contributed by atoms with van der Waals surface area (Å²) < 4.78 is 43.9. The van der Waals surface area contributed by atoms with Crippen molar-refractivity contribution in [2.24, 2.45) is 7.05 Å². The predicted molar refractivity (Wildman–Crippen MR) is 111 cm³/mol. The van der Waals surface area contributed by atoms with Crippen LogP contribution in [-0.4, -0.2) is 50.7 Å². The van der Waals surface area contributed by atoms with Crippen LogP contribution in [0.5, 0.6) is 5.75 Å². The van der Waals surface area contributed by atoms with Crippen LogP contribution in [0, 0.1) is 0 Å². The number of ether oxygens (including phenoxy) is 1. The van der Waals surface area contributed by atoms with Crippen molar-refractivity contribution in [3.8, 4) is 17.1 Å². The number of fused-ring (bicyclic) bond motifs is 1. The molecule has 12 heteroatoms. The normalized spacial score (nSPS) is 11.5. The molecule has 3 N–H and O–H groups in total. The number of amides is 1. The van der Waals surface area contributed by atoms with Crippen molar-refractivity contribution < 1.29 is 22.7 Å². The number of aryl methyl sites for hydroxylation is 1. The van der Waals surface area contributed by atoms with Gasteiger partial charge >= 0.3 is 6.18 Å². The Morgan fingerprint density at radius 3 is 2.78 bits per heavy atom. The molecule has 0 unspecified atom stereocenters. The molecule has 4 rings (SSSR count). The minimum absolute atomic E-state index is 0.0248. The largest absolute Gasteiger partial charge is 0.496 e. The maximum Gasteiger partial charge on any atom is 0.405 e. The van der Waals surface area contributed by atoms with Crippen LogP contribution in [0.3, 0.4) is 0 Å². The summed E-state index contributed by atoms with van der Waals surface area (Å²) in [7, 11) is 3.04. The molecule has 2 heterocycles. The summed E-state index contributed by atoms with van der Waals surface area (Å²) in [6.45, 7) is -1.43. The Morgan fingerprint density at radius 1 is 1.22 bits per heavy atom. The number of hydrogen-bond acceptors (Lipinski definition) is 6. The number of H-pyrrole nitrogens is 1. The van der Waals surface area contributed by atoms with Gasteiger partial charge in [-0.05, 0) is 30.3 Å². The van der Waals surface area contributed by atoms with E-state index in [1.54, 1.807) is 24.0 Å². The van der Waals surface area contributed by atoms with Gasteiger partial charge in [-0.25, -0.2) is 4.68 Å². The van der Waals surface area contributed by atoms with E-state index in [0.29, 0.717) is 17.3 Å². The topological polar surface area (TPSA) is 110 Å². The van der Waals surface area contributed by atoms with Gasteiger partial charge in [0, 0.05) is 23.7 Å². The fourth-order valence-corrected chi connectivity index (χ4v) is 3.06. The Kier molecular flexibility index (Phi) is 5.43. The van der Waals surface area contributed by atoms with Gasteiger partial charge in [0.05, 0.1) is 24.4 Å². The van der Waals surface area contributed by atoms with Gasteiger partial charge in [-0.1, -0.05) is 6.07 Å². The second-order valence-corrected chi connectivity index (χ2v) is 6.89. The van der Waals surface area contributed by atoms with Gasteiger partial charge in [0.1, 0.15) is 12.3 Å². The molecule has 2 aromatic carbocycles. The van der Waals surface area contributed by atoms with Crippen molar-refractivity contribution in [3.05, 3.63) is 48.2 Å². The lowest BCUT2D eigenvalue weighted by Gasteiger charge is -2.11. The summed E-state index contributed by atoms with van der Waals surface area (Å²) >= 11 is 0. The van der Waals surface area contributed by atoms with Gasteiger partial charge in [0.15, 0.2) is 5.82 Å². The highest BCUT2D eigenvalue weighted by Gasteiger charge is 2.28. The van der Waals surface area contributed by atoms with Crippen LogP contribution in [0.1, 0.15) is 10.4 Å². The monoisotopic (exact) mass is 445 g/mol. The number of halogens is 3. The Labute approximate surface area is 179 Å². The third-order valence-corrected chi connectivity index (χ3v) is 4.61. The van der Waals surface area contributed by atoms with Gasteiger partial charge in [-0.15, -0.1) is 5.10 Å². The van der Waals surface area contributed by atoms with Gasteiger partial charge < -0.3 is 15.4 Å². The molecule has 32 heavy (non-hydrogen) atoms. The maximum absolute atomic E-state index is 12.4. The number of alkyl halides is 3. The zero-order chi connectivity index (χ0) is 22.9. The Morgan fingerprint density at radius 2 is 2.03 bits per heavy atom. The average Bonchev–Trinajstić information content (AvgIpc) is 3.37. The van der Waals surface area contributed by atoms with E-state index in [2.05, 4.69) is 25.6 Å². The first-order valence-electron chi connectivity index (χ1n) is 9.38. The third kappa shape index (κ3) is 4.48. The van der Waals surface area contributed by atoms with Crippen LogP contribution in [-0.2, 0) is 7.05 Å². The van der Waals surface area contributed by atoms with Gasteiger partial charge in [0.25, 0.3) is 5.91 Å². The highest BCUT2D eigenvalue weighted by atomic mass is 19.4. The van der Waals surface area contributed by atoms with E-state index in [-0.39, 0.29) is 11.3 Å². The second-order valence-electron chi connectivity index (χ2n) is 6.89. The molecule has 0 fully saturated rings. The van der Waals surface area contributed by atoms with E-state index < -0.39 is 18.6 Å². The van der Waals surface area contributed by atoms with E-state index in [9.17, 15) is 18.0 Å². The molecule has 0 radical (unpaired) electrons. The highest BCUT2D eigenvalue weighted by Crippen LogP contribution is 2.27. The summed E-state index contributed by atoms with van der Waals surface area (Å²) in [5.74, 6) is 0.0278. The molecule has 0 aliphatic carbocycles. The molecule has 0 atom stereocenters. The third-order valence-electron chi connectivity index (χ3n) is 4.61. The number of nitrogens with one attached hydrogen (secondary N) is 3. The Hall–Kier alpha value is -4.09. The van der Waals surface area contributed by atoms with E-state index in [0.717, 1.165) is 16.6 Å². The van der Waals surface area contributed by atoms with Crippen LogP contribution in [0.15, 0.2) is 42.6 Å². The van der Waals surface area contributed by atoms with Crippen LogP contribution >= 0.6 is 0 Å². The minimum atomic E-state index is -4.51. The molecule has 0 bridgehead atoms. The number of nitrogens with zero attached hydrogens (tertiary/aromatic N) is 4. The molecular formula is C20H18F3N7O2. The molecule has 2 aromatic heterocycles. The molecule has 9 nitrogen and oxygen atoms in total. The molecule has 1 amide bonds. The van der Waals surface area contributed by atoms with Crippen molar-refractivity contribution in [2.75, 3.05) is 19.0 Å². The lowest BCUT2D eigenvalue weighted by Crippen LogP contribution is -2.33. The number of rotatable bonds is 6. The number of carbonyl (C=O) groups is 1. The van der Waals surface area contributed by atoms with E-state index in [1.807, 2.05) is 23.5 Å². The first-order valence-corrected chi connectivity index (χ1v) is 9.38. The molecule has 0 aliphatic heterocycles. The van der Waals surface area contributed by atoms with Crippen LogP contribution in [0.25, 0.3) is 22.3 Å². The van der Waals surface area contributed by atoms with Gasteiger partial charge in [0.2, 0.25) is 5.95 Å².